The normalized spacial score (nSPS) is 11.0. The van der Waals surface area contributed by atoms with E-state index in [1.165, 1.54) is 6.07 Å². The number of rotatable bonds is 2. The first-order valence-corrected chi connectivity index (χ1v) is 7.13. The fraction of sp³-hybridized carbons (Fsp3) is 0. The minimum absolute atomic E-state index is 0.100. The lowest BCUT2D eigenvalue weighted by molar-refractivity contribution is 0.574. The molecule has 3 aromatic rings. The summed E-state index contributed by atoms with van der Waals surface area (Å²) in [6.07, 6.45) is 0. The molecule has 0 fully saturated rings. The van der Waals surface area contributed by atoms with E-state index in [4.69, 9.17) is 34.8 Å². The molecule has 8 heteroatoms. The van der Waals surface area contributed by atoms with E-state index >= 15 is 0 Å². The maximum Gasteiger partial charge on any atom is 0.226 e. The number of hydrogen-bond donors (Lipinski definition) is 0. The van der Waals surface area contributed by atoms with Crippen LogP contribution in [0.25, 0.3) is 17.1 Å². The van der Waals surface area contributed by atoms with Crippen molar-refractivity contribution in [2.75, 3.05) is 0 Å². The Morgan fingerprint density at radius 3 is 2.41 bits per heavy atom. The molecule has 0 aliphatic carbocycles. The minimum atomic E-state index is -0.973. The number of aromatic nitrogens is 3. The van der Waals surface area contributed by atoms with Gasteiger partial charge < -0.3 is 0 Å². The summed E-state index contributed by atoms with van der Waals surface area (Å²) in [5.41, 5.74) is 0.431. The molecule has 0 aliphatic rings. The lowest BCUT2D eigenvalue weighted by atomic mass is 10.2. The van der Waals surface area contributed by atoms with Gasteiger partial charge in [0.05, 0.1) is 5.02 Å². The lowest BCUT2D eigenvalue weighted by Crippen LogP contribution is -2.02. The molecule has 112 valence electrons. The van der Waals surface area contributed by atoms with Crippen molar-refractivity contribution < 1.29 is 8.78 Å². The molecule has 0 amide bonds. The zero-order valence-electron chi connectivity index (χ0n) is 10.7. The van der Waals surface area contributed by atoms with E-state index < -0.39 is 16.7 Å². The molecule has 0 spiro atoms. The van der Waals surface area contributed by atoms with Gasteiger partial charge in [-0.05, 0) is 35.9 Å². The van der Waals surface area contributed by atoms with E-state index in [-0.39, 0.29) is 16.8 Å². The first kappa shape index (κ1) is 15.2. The van der Waals surface area contributed by atoms with Gasteiger partial charge in [0.15, 0.2) is 11.6 Å². The van der Waals surface area contributed by atoms with Gasteiger partial charge in [-0.3, -0.25) is 0 Å². The van der Waals surface area contributed by atoms with Crippen LogP contribution in [0, 0.1) is 11.6 Å². The van der Waals surface area contributed by atoms with Gasteiger partial charge in [-0.15, -0.1) is 5.10 Å². The van der Waals surface area contributed by atoms with E-state index in [9.17, 15) is 8.78 Å². The van der Waals surface area contributed by atoms with Crippen molar-refractivity contribution in [2.24, 2.45) is 0 Å². The highest BCUT2D eigenvalue weighted by atomic mass is 35.5. The van der Waals surface area contributed by atoms with Crippen molar-refractivity contribution in [2.45, 2.75) is 0 Å². The Bertz CT molecular complexity index is 865. The standard InChI is InChI=1S/C14H6Cl3F2N3/c15-8-4-2-1-3-7(8)13-20-14(17)22(21-13)10-6-5-9(18)11(16)12(10)19/h1-6H. The van der Waals surface area contributed by atoms with Crippen LogP contribution >= 0.6 is 34.8 Å². The van der Waals surface area contributed by atoms with Crippen molar-refractivity contribution in [1.29, 1.82) is 0 Å². The second-order valence-electron chi connectivity index (χ2n) is 4.29. The second-order valence-corrected chi connectivity index (χ2v) is 5.41. The highest BCUT2D eigenvalue weighted by molar-refractivity contribution is 6.33. The van der Waals surface area contributed by atoms with Crippen LogP contribution in [-0.4, -0.2) is 14.8 Å². The SMILES string of the molecule is Fc1ccc(-n2nc(-c3ccccc3Cl)nc2Cl)c(F)c1Cl. The molecule has 2 aromatic carbocycles. The molecule has 1 aromatic heterocycles. The molecule has 0 saturated heterocycles. The Morgan fingerprint density at radius 1 is 0.955 bits per heavy atom. The molecule has 0 aliphatic heterocycles. The number of benzene rings is 2. The zero-order chi connectivity index (χ0) is 15.9. The molecule has 0 bridgehead atoms. The number of nitrogens with zero attached hydrogens (tertiary/aromatic N) is 3. The summed E-state index contributed by atoms with van der Waals surface area (Å²) in [7, 11) is 0. The van der Waals surface area contributed by atoms with Crippen LogP contribution in [0.1, 0.15) is 0 Å². The van der Waals surface area contributed by atoms with Gasteiger partial charge in [0.25, 0.3) is 0 Å². The van der Waals surface area contributed by atoms with E-state index in [2.05, 4.69) is 10.1 Å². The Balaban J connectivity index is 2.15. The highest BCUT2D eigenvalue weighted by Crippen LogP contribution is 2.29. The van der Waals surface area contributed by atoms with Crippen LogP contribution in [0.15, 0.2) is 36.4 Å². The van der Waals surface area contributed by atoms with E-state index in [0.29, 0.717) is 10.6 Å². The molecular formula is C14H6Cl3F2N3. The Kier molecular flexibility index (Phi) is 4.04. The summed E-state index contributed by atoms with van der Waals surface area (Å²) in [6.45, 7) is 0. The minimum Gasteiger partial charge on any atom is -0.205 e. The highest BCUT2D eigenvalue weighted by Gasteiger charge is 2.19. The summed E-state index contributed by atoms with van der Waals surface area (Å²) in [6, 6.07) is 9.07. The summed E-state index contributed by atoms with van der Waals surface area (Å²) in [4.78, 5) is 4.04. The molecule has 0 unspecified atom stereocenters. The third kappa shape index (κ3) is 2.56. The third-order valence-corrected chi connectivity index (χ3v) is 3.85. The third-order valence-electron chi connectivity index (χ3n) is 2.93. The van der Waals surface area contributed by atoms with Crippen LogP contribution in [0.5, 0.6) is 0 Å². The van der Waals surface area contributed by atoms with Gasteiger partial charge in [-0.1, -0.05) is 35.3 Å². The quantitative estimate of drug-likeness (QED) is 0.590. The van der Waals surface area contributed by atoms with Crippen LogP contribution in [-0.2, 0) is 0 Å². The monoisotopic (exact) mass is 359 g/mol. The summed E-state index contributed by atoms with van der Waals surface area (Å²) in [5, 5.41) is 3.80. The van der Waals surface area contributed by atoms with Gasteiger partial charge in [0.2, 0.25) is 5.28 Å². The van der Waals surface area contributed by atoms with Crippen molar-refractivity contribution in [1.82, 2.24) is 14.8 Å². The average Bonchev–Trinajstić information content (AvgIpc) is 2.87. The molecular weight excluding hydrogens is 355 g/mol. The maximum absolute atomic E-state index is 14.1. The molecule has 0 saturated carbocycles. The summed E-state index contributed by atoms with van der Waals surface area (Å²) < 4.78 is 28.3. The second kappa shape index (κ2) is 5.83. The maximum atomic E-state index is 14.1. The molecule has 1 heterocycles. The smallest absolute Gasteiger partial charge is 0.205 e. The van der Waals surface area contributed by atoms with Crippen LogP contribution in [0.2, 0.25) is 15.3 Å². The van der Waals surface area contributed by atoms with Crippen LogP contribution < -0.4 is 0 Å². The molecule has 0 atom stereocenters. The Morgan fingerprint density at radius 2 is 1.68 bits per heavy atom. The van der Waals surface area contributed by atoms with Crippen LogP contribution in [0.3, 0.4) is 0 Å². The fourth-order valence-electron chi connectivity index (χ4n) is 1.88. The number of halogens is 5. The fourth-order valence-corrected chi connectivity index (χ4v) is 2.47. The predicted molar refractivity (Wildman–Crippen MR) is 81.7 cm³/mol. The summed E-state index contributed by atoms with van der Waals surface area (Å²) in [5.74, 6) is -1.62. The van der Waals surface area contributed by atoms with E-state index in [1.54, 1.807) is 24.3 Å². The van der Waals surface area contributed by atoms with Crippen LogP contribution in [0.4, 0.5) is 8.78 Å². The first-order chi connectivity index (χ1) is 10.5. The van der Waals surface area contributed by atoms with Gasteiger partial charge >= 0.3 is 0 Å². The average molecular weight is 361 g/mol. The van der Waals surface area contributed by atoms with Gasteiger partial charge in [0, 0.05) is 5.56 Å². The number of hydrogen-bond acceptors (Lipinski definition) is 2. The lowest BCUT2D eigenvalue weighted by Gasteiger charge is -2.05. The van der Waals surface area contributed by atoms with E-state index in [0.717, 1.165) is 10.7 Å². The molecule has 0 radical (unpaired) electrons. The Hall–Kier alpha value is -1.69. The summed E-state index contributed by atoms with van der Waals surface area (Å²) >= 11 is 17.6. The molecule has 3 nitrogen and oxygen atoms in total. The Labute approximate surface area is 139 Å². The van der Waals surface area contributed by atoms with Gasteiger partial charge in [0.1, 0.15) is 16.5 Å². The van der Waals surface area contributed by atoms with E-state index in [1.807, 2.05) is 0 Å². The molecule has 0 N–H and O–H groups in total. The van der Waals surface area contributed by atoms with Crippen molar-refractivity contribution in [3.63, 3.8) is 0 Å². The van der Waals surface area contributed by atoms with Crippen molar-refractivity contribution in [3.8, 4) is 17.1 Å². The first-order valence-electron chi connectivity index (χ1n) is 6.00. The predicted octanol–water partition coefficient (Wildman–Crippen LogP) is 5.17. The van der Waals surface area contributed by atoms with Gasteiger partial charge in [-0.25, -0.2) is 8.78 Å². The molecule has 22 heavy (non-hydrogen) atoms. The largest absolute Gasteiger partial charge is 0.226 e. The van der Waals surface area contributed by atoms with Crippen molar-refractivity contribution >= 4 is 34.8 Å². The zero-order valence-corrected chi connectivity index (χ0v) is 13.0. The molecule has 3 rings (SSSR count). The van der Waals surface area contributed by atoms with Gasteiger partial charge in [-0.2, -0.15) is 9.67 Å². The van der Waals surface area contributed by atoms with Crippen molar-refractivity contribution in [3.05, 3.63) is 63.4 Å². The topological polar surface area (TPSA) is 30.7 Å².